The highest BCUT2D eigenvalue weighted by Crippen LogP contribution is 2.39. The first kappa shape index (κ1) is 39.1. The average Bonchev–Trinajstić information content (AvgIpc) is 4.01. The van der Waals surface area contributed by atoms with Crippen LogP contribution in [0.3, 0.4) is 0 Å². The molecule has 9 rings (SSSR count). The number of nitrogens with zero attached hydrogens (tertiary/aromatic N) is 5. The quantitative estimate of drug-likeness (QED) is 0.138. The van der Waals surface area contributed by atoms with Crippen molar-refractivity contribution in [2.75, 3.05) is 26.3 Å². The Bertz CT molecular complexity index is 2870. The van der Waals surface area contributed by atoms with E-state index in [1.807, 2.05) is 72.8 Å². The van der Waals surface area contributed by atoms with Crippen LogP contribution in [0.15, 0.2) is 137 Å². The van der Waals surface area contributed by atoms with Crippen molar-refractivity contribution in [3.8, 4) is 27.9 Å². The van der Waals surface area contributed by atoms with Gasteiger partial charge >= 0.3 is 0 Å². The van der Waals surface area contributed by atoms with Crippen molar-refractivity contribution in [2.45, 2.75) is 42.7 Å². The third-order valence-corrected chi connectivity index (χ3v) is 12.8. The molecular weight excluding hydrogens is 787 g/mol. The normalized spacial score (nSPS) is 15.2. The third-order valence-electron chi connectivity index (χ3n) is 10.9. The summed E-state index contributed by atoms with van der Waals surface area (Å²) in [6, 6.07) is 32.9. The van der Waals surface area contributed by atoms with E-state index in [4.69, 9.17) is 9.72 Å². The van der Waals surface area contributed by atoms with Crippen LogP contribution in [0.25, 0.3) is 38.8 Å². The van der Waals surface area contributed by atoms with Gasteiger partial charge < -0.3 is 10.1 Å². The number of hydrogen-bond acceptors (Lipinski definition) is 7. The van der Waals surface area contributed by atoms with Crippen molar-refractivity contribution >= 4 is 26.8 Å². The van der Waals surface area contributed by atoms with Crippen molar-refractivity contribution in [3.63, 3.8) is 0 Å². The van der Waals surface area contributed by atoms with Crippen LogP contribution in [0.4, 0.5) is 8.78 Å². The average molecular weight is 827 g/mol. The van der Waals surface area contributed by atoms with E-state index in [-0.39, 0.29) is 66.6 Å². The van der Waals surface area contributed by atoms with Gasteiger partial charge in [-0.05, 0) is 95.3 Å². The topological polar surface area (TPSA) is 128 Å². The maximum Gasteiger partial charge on any atom is 0.266 e. The van der Waals surface area contributed by atoms with Gasteiger partial charge in [-0.25, -0.2) is 22.2 Å². The Kier molecular flexibility index (Phi) is 10.7. The SMILES string of the molecule is O=C(Cn1ccc(C2CC2)n1)NC(Cc1cc(F)cc(F)c1)c1nc2cc(-c3ccccc3-c3ccccc3)ccc2c(=O)n1-c1ccc(S(=O)(=O)N2CCOCC2)cc1. The van der Waals surface area contributed by atoms with E-state index in [2.05, 4.69) is 10.4 Å². The van der Waals surface area contributed by atoms with E-state index in [9.17, 15) is 26.8 Å². The molecule has 1 N–H and O–H groups in total. The highest BCUT2D eigenvalue weighted by atomic mass is 32.2. The molecule has 1 saturated heterocycles. The Morgan fingerprint density at radius 1 is 0.817 bits per heavy atom. The van der Waals surface area contributed by atoms with Crippen LogP contribution >= 0.6 is 0 Å². The van der Waals surface area contributed by atoms with Gasteiger partial charge in [0.15, 0.2) is 0 Å². The molecule has 5 aromatic carbocycles. The molecule has 14 heteroatoms. The number of nitrogens with one attached hydrogen (secondary N) is 1. The van der Waals surface area contributed by atoms with Gasteiger partial charge in [0.1, 0.15) is 24.0 Å². The summed E-state index contributed by atoms with van der Waals surface area (Å²) >= 11 is 0. The van der Waals surface area contributed by atoms with Gasteiger partial charge in [0.05, 0.1) is 46.4 Å². The maximum atomic E-state index is 14.9. The van der Waals surface area contributed by atoms with Crippen LogP contribution < -0.4 is 10.9 Å². The number of halogens is 2. The zero-order valence-electron chi connectivity index (χ0n) is 32.4. The molecule has 0 bridgehead atoms. The van der Waals surface area contributed by atoms with Gasteiger partial charge in [-0.15, -0.1) is 0 Å². The summed E-state index contributed by atoms with van der Waals surface area (Å²) in [5.74, 6) is -1.63. The summed E-state index contributed by atoms with van der Waals surface area (Å²) in [5.41, 5.74) is 4.89. The second kappa shape index (κ2) is 16.4. The number of rotatable bonds is 12. The molecule has 1 saturated carbocycles. The highest BCUT2D eigenvalue weighted by molar-refractivity contribution is 7.89. The minimum atomic E-state index is -3.87. The smallest absolute Gasteiger partial charge is 0.266 e. The Labute approximate surface area is 344 Å². The summed E-state index contributed by atoms with van der Waals surface area (Å²) in [6.07, 6.45) is 3.67. The van der Waals surface area contributed by atoms with Crippen molar-refractivity contribution < 1.29 is 26.7 Å². The van der Waals surface area contributed by atoms with Crippen LogP contribution in [0.2, 0.25) is 0 Å². The van der Waals surface area contributed by atoms with E-state index in [0.29, 0.717) is 11.4 Å². The summed E-state index contributed by atoms with van der Waals surface area (Å²) in [4.78, 5) is 33.9. The number of amides is 1. The molecule has 3 heterocycles. The maximum absolute atomic E-state index is 14.9. The zero-order valence-corrected chi connectivity index (χ0v) is 33.2. The van der Waals surface area contributed by atoms with Gasteiger partial charge in [-0.3, -0.25) is 18.8 Å². The fourth-order valence-corrected chi connectivity index (χ4v) is 9.19. The zero-order chi connectivity index (χ0) is 41.4. The lowest BCUT2D eigenvalue weighted by Gasteiger charge is -2.26. The Balaban J connectivity index is 1.19. The molecule has 2 fully saturated rings. The van der Waals surface area contributed by atoms with Crippen LogP contribution in [-0.2, 0) is 32.5 Å². The molecule has 60 heavy (non-hydrogen) atoms. The number of carbonyl (C=O) groups is 1. The van der Waals surface area contributed by atoms with Gasteiger partial charge in [0.2, 0.25) is 15.9 Å². The first-order valence-electron chi connectivity index (χ1n) is 19.8. The van der Waals surface area contributed by atoms with E-state index >= 15 is 0 Å². The molecule has 1 atom stereocenters. The van der Waals surface area contributed by atoms with Gasteiger partial charge in [-0.2, -0.15) is 9.40 Å². The standard InChI is InChI=1S/C46H40F2N6O5S/c47-34-24-30(25-35(48)28-34)26-43(49-44(55)29-52-19-18-41(51-52)32-10-11-32)45-50-42-27-33(39-9-5-4-8-38(39)31-6-2-1-3-7-31)12-17-40(42)46(56)54(45)36-13-15-37(16-14-36)60(57,58)53-20-22-59-23-21-53/h1-9,12-19,24-25,27-28,32,43H,10-11,20-23,26,29H2,(H,49,55). The number of hydrogen-bond donors (Lipinski definition) is 1. The first-order valence-corrected chi connectivity index (χ1v) is 21.2. The minimum Gasteiger partial charge on any atom is -0.379 e. The monoisotopic (exact) mass is 826 g/mol. The number of sulfonamides is 1. The molecule has 304 valence electrons. The molecule has 1 aliphatic carbocycles. The number of benzene rings is 5. The second-order valence-electron chi connectivity index (χ2n) is 15.1. The Morgan fingerprint density at radius 2 is 1.50 bits per heavy atom. The Morgan fingerprint density at radius 3 is 2.20 bits per heavy atom. The van der Waals surface area contributed by atoms with Crippen LogP contribution in [-0.4, -0.2) is 64.3 Å². The first-order chi connectivity index (χ1) is 29.1. The van der Waals surface area contributed by atoms with Crippen molar-refractivity contribution in [3.05, 3.63) is 167 Å². The summed E-state index contributed by atoms with van der Waals surface area (Å²) < 4.78 is 66.0. The summed E-state index contributed by atoms with van der Waals surface area (Å²) in [6.45, 7) is 0.823. The molecule has 0 radical (unpaired) electrons. The Hall–Kier alpha value is -6.35. The second-order valence-corrected chi connectivity index (χ2v) is 17.0. The third kappa shape index (κ3) is 8.13. The van der Waals surface area contributed by atoms with Crippen LogP contribution in [0.1, 0.15) is 41.9 Å². The summed E-state index contributed by atoms with van der Waals surface area (Å²) in [7, 11) is -3.87. The van der Waals surface area contributed by atoms with Crippen molar-refractivity contribution in [2.24, 2.45) is 0 Å². The fourth-order valence-electron chi connectivity index (χ4n) is 7.78. The number of fused-ring (bicyclic) bond motifs is 1. The number of aromatic nitrogens is 4. The lowest BCUT2D eigenvalue weighted by molar-refractivity contribution is -0.122. The predicted octanol–water partition coefficient (Wildman–Crippen LogP) is 7.19. The molecule has 0 spiro atoms. The van der Waals surface area contributed by atoms with Crippen molar-refractivity contribution in [1.82, 2.24) is 29.0 Å². The van der Waals surface area contributed by atoms with Gasteiger partial charge in [-0.1, -0.05) is 60.7 Å². The van der Waals surface area contributed by atoms with Gasteiger partial charge in [0, 0.05) is 37.7 Å². The molecular formula is C46H40F2N6O5S. The molecule has 2 aromatic heterocycles. The van der Waals surface area contributed by atoms with Crippen molar-refractivity contribution in [1.29, 1.82) is 0 Å². The van der Waals surface area contributed by atoms with E-state index < -0.39 is 39.2 Å². The minimum absolute atomic E-state index is 0.0306. The van der Waals surface area contributed by atoms with Crippen LogP contribution in [0, 0.1) is 11.6 Å². The predicted molar refractivity (Wildman–Crippen MR) is 223 cm³/mol. The number of morpholine rings is 1. The largest absolute Gasteiger partial charge is 0.379 e. The highest BCUT2D eigenvalue weighted by Gasteiger charge is 2.29. The van der Waals surface area contributed by atoms with E-state index in [1.165, 1.54) is 50.0 Å². The molecule has 7 aromatic rings. The molecule has 1 unspecified atom stereocenters. The lowest BCUT2D eigenvalue weighted by atomic mass is 9.94. The molecule has 1 aliphatic heterocycles. The van der Waals surface area contributed by atoms with Crippen LogP contribution in [0.5, 0.6) is 0 Å². The van der Waals surface area contributed by atoms with Gasteiger partial charge in [0.25, 0.3) is 5.56 Å². The van der Waals surface area contributed by atoms with E-state index in [0.717, 1.165) is 46.9 Å². The van der Waals surface area contributed by atoms with E-state index in [1.54, 1.807) is 12.3 Å². The summed E-state index contributed by atoms with van der Waals surface area (Å²) in [5, 5.41) is 7.83. The number of ether oxygens (including phenoxy) is 1. The molecule has 11 nitrogen and oxygen atoms in total. The number of carbonyl (C=O) groups excluding carboxylic acids is 1. The lowest BCUT2D eigenvalue weighted by Crippen LogP contribution is -2.40. The fraction of sp³-hybridized carbons (Fsp3) is 0.217. The molecule has 2 aliphatic rings. The molecule has 1 amide bonds.